The Morgan fingerprint density at radius 3 is 2.53 bits per heavy atom. The van der Waals surface area contributed by atoms with E-state index in [0.29, 0.717) is 47.2 Å². The van der Waals surface area contributed by atoms with Crippen molar-refractivity contribution in [1.82, 2.24) is 14.8 Å². The van der Waals surface area contributed by atoms with Crippen LogP contribution in [0, 0.1) is 11.0 Å². The van der Waals surface area contributed by atoms with Crippen molar-refractivity contribution in [3.8, 4) is 11.5 Å². The number of rotatable bonds is 7. The van der Waals surface area contributed by atoms with E-state index in [1.807, 2.05) is 18.7 Å². The number of carbonyl (C=O) groups excluding carboxylic acids is 2. The second-order valence-electron chi connectivity index (χ2n) is 9.73. The molecule has 1 fully saturated rings. The SMILES string of the molecule is C[C@@H](C(=O)Nc1ccc(Oc2ccc(F)cc2)cn1)N1CCN(C(=O)c2cc[n+]([O-])c(CO)c2)C(C)(C)C1. The average Bonchev–Trinajstić information content (AvgIpc) is 2.90. The minimum atomic E-state index is -0.593. The van der Waals surface area contributed by atoms with Crippen LogP contribution >= 0.6 is 0 Å². The Morgan fingerprint density at radius 2 is 1.89 bits per heavy atom. The summed E-state index contributed by atoms with van der Waals surface area (Å²) in [5.41, 5.74) is -0.169. The van der Waals surface area contributed by atoms with Crippen LogP contribution in [0.1, 0.15) is 36.8 Å². The largest absolute Gasteiger partial charge is 0.618 e. The average molecular weight is 524 g/mol. The summed E-state index contributed by atoms with van der Waals surface area (Å²) >= 11 is 0. The zero-order chi connectivity index (χ0) is 27.4. The van der Waals surface area contributed by atoms with Crippen molar-refractivity contribution in [3.05, 3.63) is 83.2 Å². The van der Waals surface area contributed by atoms with E-state index in [1.54, 1.807) is 24.0 Å². The van der Waals surface area contributed by atoms with Gasteiger partial charge in [0.15, 0.2) is 6.20 Å². The molecule has 2 aromatic heterocycles. The highest BCUT2D eigenvalue weighted by molar-refractivity contribution is 5.95. The maximum Gasteiger partial charge on any atom is 0.254 e. The molecule has 2 N–H and O–H groups in total. The third-order valence-electron chi connectivity index (χ3n) is 6.54. The molecule has 10 nitrogen and oxygen atoms in total. The second-order valence-corrected chi connectivity index (χ2v) is 9.73. The molecule has 0 saturated carbocycles. The fraction of sp³-hybridized carbons (Fsp3) is 0.333. The van der Waals surface area contributed by atoms with E-state index in [0.717, 1.165) is 0 Å². The maximum absolute atomic E-state index is 13.2. The van der Waals surface area contributed by atoms with Gasteiger partial charge >= 0.3 is 0 Å². The molecule has 1 aliphatic rings. The number of hydrogen-bond acceptors (Lipinski definition) is 7. The van der Waals surface area contributed by atoms with Crippen molar-refractivity contribution in [2.45, 2.75) is 39.0 Å². The zero-order valence-corrected chi connectivity index (χ0v) is 21.4. The highest BCUT2D eigenvalue weighted by atomic mass is 19.1. The molecular weight excluding hydrogens is 493 g/mol. The molecule has 38 heavy (non-hydrogen) atoms. The molecule has 1 atom stereocenters. The van der Waals surface area contributed by atoms with Gasteiger partial charge in [-0.1, -0.05) is 0 Å². The minimum Gasteiger partial charge on any atom is -0.618 e. The molecule has 0 unspecified atom stereocenters. The third-order valence-corrected chi connectivity index (χ3v) is 6.54. The van der Waals surface area contributed by atoms with Gasteiger partial charge in [-0.05, 0) is 57.2 Å². The van der Waals surface area contributed by atoms with Crippen molar-refractivity contribution in [1.29, 1.82) is 0 Å². The summed E-state index contributed by atoms with van der Waals surface area (Å²) in [6.07, 6.45) is 2.68. The first-order chi connectivity index (χ1) is 18.1. The number of amides is 2. The van der Waals surface area contributed by atoms with Crippen molar-refractivity contribution >= 4 is 17.6 Å². The second kappa shape index (κ2) is 11.1. The van der Waals surface area contributed by atoms with E-state index in [2.05, 4.69) is 10.3 Å². The first kappa shape index (κ1) is 27.0. The van der Waals surface area contributed by atoms with E-state index < -0.39 is 18.2 Å². The Balaban J connectivity index is 1.35. The fourth-order valence-corrected chi connectivity index (χ4v) is 4.39. The van der Waals surface area contributed by atoms with Gasteiger partial charge in [0.1, 0.15) is 29.7 Å². The number of piperazine rings is 1. The zero-order valence-electron chi connectivity index (χ0n) is 21.4. The van der Waals surface area contributed by atoms with Gasteiger partial charge in [-0.2, -0.15) is 4.73 Å². The summed E-state index contributed by atoms with van der Waals surface area (Å²) in [6.45, 7) is 6.49. The number of nitrogens with zero attached hydrogens (tertiary/aromatic N) is 4. The molecule has 3 aromatic rings. The van der Waals surface area contributed by atoms with Crippen molar-refractivity contribution in [3.63, 3.8) is 0 Å². The summed E-state index contributed by atoms with van der Waals surface area (Å²) in [4.78, 5) is 34.1. The predicted octanol–water partition coefficient (Wildman–Crippen LogP) is 2.70. The maximum atomic E-state index is 13.2. The molecule has 0 bridgehead atoms. The van der Waals surface area contributed by atoms with Gasteiger partial charge in [0.05, 0.1) is 23.3 Å². The van der Waals surface area contributed by atoms with Gasteiger partial charge < -0.3 is 25.3 Å². The molecule has 0 spiro atoms. The number of hydrogen-bond donors (Lipinski definition) is 2. The smallest absolute Gasteiger partial charge is 0.254 e. The quantitative estimate of drug-likeness (QED) is 0.361. The van der Waals surface area contributed by atoms with Crippen LogP contribution in [0.4, 0.5) is 10.2 Å². The lowest BCUT2D eigenvalue weighted by atomic mass is 9.96. The van der Waals surface area contributed by atoms with Crippen molar-refractivity contribution in [2.75, 3.05) is 25.0 Å². The summed E-state index contributed by atoms with van der Waals surface area (Å²) < 4.78 is 19.2. The Hall–Kier alpha value is -4.09. The molecule has 200 valence electrons. The van der Waals surface area contributed by atoms with E-state index >= 15 is 0 Å². The molecule has 4 rings (SSSR count). The number of anilines is 1. The Kier molecular flexibility index (Phi) is 7.88. The first-order valence-electron chi connectivity index (χ1n) is 12.2. The van der Waals surface area contributed by atoms with Gasteiger partial charge in [0.2, 0.25) is 11.6 Å². The monoisotopic (exact) mass is 523 g/mol. The van der Waals surface area contributed by atoms with E-state index in [1.165, 1.54) is 48.8 Å². The van der Waals surface area contributed by atoms with Crippen LogP contribution in [0.5, 0.6) is 11.5 Å². The van der Waals surface area contributed by atoms with Crippen LogP contribution in [0.25, 0.3) is 0 Å². The van der Waals surface area contributed by atoms with Gasteiger partial charge in [-0.15, -0.1) is 0 Å². The summed E-state index contributed by atoms with van der Waals surface area (Å²) in [5, 5.41) is 23.9. The lowest BCUT2D eigenvalue weighted by Gasteiger charge is -2.48. The number of halogens is 1. The Morgan fingerprint density at radius 1 is 1.18 bits per heavy atom. The van der Waals surface area contributed by atoms with Gasteiger partial charge in [-0.3, -0.25) is 14.5 Å². The molecule has 11 heteroatoms. The lowest BCUT2D eigenvalue weighted by Crippen LogP contribution is -2.63. The molecule has 0 radical (unpaired) electrons. The topological polar surface area (TPSA) is 122 Å². The normalized spacial score (nSPS) is 16.1. The third kappa shape index (κ3) is 6.06. The molecule has 1 aromatic carbocycles. The molecule has 3 heterocycles. The summed E-state index contributed by atoms with van der Waals surface area (Å²) in [6, 6.07) is 11.2. The fourth-order valence-electron chi connectivity index (χ4n) is 4.39. The lowest BCUT2D eigenvalue weighted by molar-refractivity contribution is -0.616. The Labute approximate surface area is 219 Å². The number of ether oxygens (including phenoxy) is 1. The van der Waals surface area contributed by atoms with Crippen LogP contribution in [0.2, 0.25) is 0 Å². The van der Waals surface area contributed by atoms with E-state index in [4.69, 9.17) is 4.74 Å². The molecular formula is C27H30FN5O5. The van der Waals surface area contributed by atoms with Gasteiger partial charge in [-0.25, -0.2) is 9.37 Å². The van der Waals surface area contributed by atoms with Gasteiger partial charge in [0.25, 0.3) is 5.91 Å². The molecule has 1 aliphatic heterocycles. The van der Waals surface area contributed by atoms with E-state index in [9.17, 15) is 24.3 Å². The van der Waals surface area contributed by atoms with Crippen LogP contribution in [0.3, 0.4) is 0 Å². The highest BCUT2D eigenvalue weighted by Crippen LogP contribution is 2.26. The van der Waals surface area contributed by atoms with E-state index in [-0.39, 0.29) is 23.3 Å². The standard InChI is InChI=1S/C27H30FN5O5/c1-18(25(35)30-24-9-8-23(15-29-24)38-22-6-4-20(28)5-7-22)31-12-13-32(27(2,3)17-31)26(36)19-10-11-33(37)21(14-19)16-34/h4-11,14-15,18,34H,12-13,16-17H2,1-3H3,(H,29,30,35)/t18-/m0/s1. The van der Waals surface area contributed by atoms with Gasteiger partial charge in [0, 0.05) is 31.8 Å². The predicted molar refractivity (Wildman–Crippen MR) is 137 cm³/mol. The summed E-state index contributed by atoms with van der Waals surface area (Å²) in [5.74, 6) is 0.435. The number of pyridine rings is 2. The number of aromatic nitrogens is 2. The van der Waals surface area contributed by atoms with Crippen LogP contribution in [-0.4, -0.2) is 62.9 Å². The summed E-state index contributed by atoms with van der Waals surface area (Å²) in [7, 11) is 0. The molecule has 2 amide bonds. The number of benzene rings is 1. The molecule has 1 saturated heterocycles. The van der Waals surface area contributed by atoms with Crippen LogP contribution in [0.15, 0.2) is 60.9 Å². The van der Waals surface area contributed by atoms with Crippen LogP contribution < -0.4 is 14.8 Å². The van der Waals surface area contributed by atoms with Crippen LogP contribution in [-0.2, 0) is 11.4 Å². The highest BCUT2D eigenvalue weighted by Gasteiger charge is 2.40. The van der Waals surface area contributed by atoms with Crippen molar-refractivity contribution < 1.29 is 28.6 Å². The number of aliphatic hydroxyl groups excluding tert-OH is 1. The number of aliphatic hydroxyl groups is 1. The van der Waals surface area contributed by atoms with Crippen molar-refractivity contribution in [2.24, 2.45) is 0 Å². The number of nitrogens with one attached hydrogen (secondary N) is 1. The number of carbonyl (C=O) groups is 2. The minimum absolute atomic E-state index is 0.0984. The first-order valence-corrected chi connectivity index (χ1v) is 12.2. The molecule has 0 aliphatic carbocycles. The Bertz CT molecular complexity index is 1300.